The summed E-state index contributed by atoms with van der Waals surface area (Å²) in [6, 6.07) is 0.0654. The molecule has 3 heteroatoms. The van der Waals surface area contributed by atoms with Crippen molar-refractivity contribution >= 4 is 5.97 Å². The first-order valence-corrected chi connectivity index (χ1v) is 3.37. The topological polar surface area (TPSA) is 63.3 Å². The summed E-state index contributed by atoms with van der Waals surface area (Å²) in [7, 11) is 0. The van der Waals surface area contributed by atoms with E-state index in [9.17, 15) is 4.79 Å². The number of hydrogen-bond acceptors (Lipinski definition) is 2. The summed E-state index contributed by atoms with van der Waals surface area (Å²) in [6.07, 6.45) is 4.90. The normalized spacial score (nSPS) is 32.1. The largest absolute Gasteiger partial charge is 0.481 e. The molecule has 1 aliphatic carbocycles. The highest BCUT2D eigenvalue weighted by Gasteiger charge is 2.18. The van der Waals surface area contributed by atoms with Crippen LogP contribution in [0.3, 0.4) is 0 Å². The lowest BCUT2D eigenvalue weighted by molar-refractivity contribution is -0.140. The lowest BCUT2D eigenvalue weighted by Crippen LogP contribution is -2.24. The van der Waals surface area contributed by atoms with Crippen molar-refractivity contribution in [2.45, 2.75) is 18.9 Å². The summed E-state index contributed by atoms with van der Waals surface area (Å²) in [5.74, 6) is -1.05. The van der Waals surface area contributed by atoms with Crippen LogP contribution in [0.15, 0.2) is 12.2 Å². The smallest absolute Gasteiger partial charge is 0.310 e. The first-order valence-electron chi connectivity index (χ1n) is 3.37. The second-order valence-corrected chi connectivity index (χ2v) is 2.57. The summed E-state index contributed by atoms with van der Waals surface area (Å²) in [5, 5.41) is 8.53. The molecular formula is C7H11NO2. The average molecular weight is 141 g/mol. The van der Waals surface area contributed by atoms with Crippen molar-refractivity contribution in [2.75, 3.05) is 0 Å². The van der Waals surface area contributed by atoms with Gasteiger partial charge in [-0.15, -0.1) is 0 Å². The fourth-order valence-corrected chi connectivity index (χ4v) is 1.05. The van der Waals surface area contributed by atoms with Gasteiger partial charge >= 0.3 is 5.97 Å². The van der Waals surface area contributed by atoms with Crippen LogP contribution in [0.1, 0.15) is 12.8 Å². The molecule has 0 aliphatic heterocycles. The number of nitrogens with two attached hydrogens (primary N) is 1. The van der Waals surface area contributed by atoms with E-state index >= 15 is 0 Å². The Hall–Kier alpha value is -0.830. The predicted molar refractivity (Wildman–Crippen MR) is 37.5 cm³/mol. The minimum atomic E-state index is -0.747. The number of carbonyl (C=O) groups is 1. The highest BCUT2D eigenvalue weighted by atomic mass is 16.4. The van der Waals surface area contributed by atoms with Gasteiger partial charge in [-0.25, -0.2) is 0 Å². The van der Waals surface area contributed by atoms with Gasteiger partial charge in [0.15, 0.2) is 0 Å². The number of aliphatic carboxylic acids is 1. The maximum Gasteiger partial charge on any atom is 0.310 e. The number of carboxylic acids is 1. The molecule has 0 aromatic rings. The fraction of sp³-hybridized carbons (Fsp3) is 0.571. The molecule has 0 saturated heterocycles. The lowest BCUT2D eigenvalue weighted by atomic mass is 9.94. The zero-order valence-corrected chi connectivity index (χ0v) is 5.66. The van der Waals surface area contributed by atoms with Crippen LogP contribution in [0.5, 0.6) is 0 Å². The molecule has 0 aromatic carbocycles. The molecule has 10 heavy (non-hydrogen) atoms. The van der Waals surface area contributed by atoms with E-state index in [1.807, 2.05) is 0 Å². The van der Waals surface area contributed by atoms with Gasteiger partial charge in [-0.3, -0.25) is 4.79 Å². The van der Waals surface area contributed by atoms with Crippen LogP contribution in [0.4, 0.5) is 0 Å². The first-order chi connectivity index (χ1) is 4.70. The maximum absolute atomic E-state index is 10.4. The van der Waals surface area contributed by atoms with Gasteiger partial charge in [-0.1, -0.05) is 12.2 Å². The highest BCUT2D eigenvalue weighted by Crippen LogP contribution is 2.15. The van der Waals surface area contributed by atoms with Gasteiger partial charge in [-0.2, -0.15) is 0 Å². The monoisotopic (exact) mass is 141 g/mol. The zero-order chi connectivity index (χ0) is 7.56. The van der Waals surface area contributed by atoms with Gasteiger partial charge in [0, 0.05) is 6.04 Å². The van der Waals surface area contributed by atoms with Crippen LogP contribution in [0, 0.1) is 5.92 Å². The minimum absolute atomic E-state index is 0.0654. The van der Waals surface area contributed by atoms with E-state index in [0.717, 1.165) is 6.42 Å². The van der Waals surface area contributed by atoms with Crippen LogP contribution < -0.4 is 5.73 Å². The van der Waals surface area contributed by atoms with Crippen molar-refractivity contribution < 1.29 is 9.90 Å². The molecule has 0 amide bonds. The van der Waals surface area contributed by atoms with E-state index in [0.29, 0.717) is 6.42 Å². The molecule has 0 saturated carbocycles. The summed E-state index contributed by atoms with van der Waals surface area (Å²) >= 11 is 0. The van der Waals surface area contributed by atoms with Crippen LogP contribution in [-0.2, 0) is 4.79 Å². The molecule has 3 N–H and O–H groups in total. The third kappa shape index (κ3) is 1.57. The second kappa shape index (κ2) is 2.84. The molecule has 2 atom stereocenters. The van der Waals surface area contributed by atoms with Gasteiger partial charge in [-0.05, 0) is 12.8 Å². The van der Waals surface area contributed by atoms with E-state index in [1.165, 1.54) is 0 Å². The van der Waals surface area contributed by atoms with Gasteiger partial charge in [0.05, 0.1) is 5.92 Å². The van der Waals surface area contributed by atoms with E-state index in [2.05, 4.69) is 0 Å². The Morgan fingerprint density at radius 2 is 2.20 bits per heavy atom. The van der Waals surface area contributed by atoms with Crippen molar-refractivity contribution in [3.05, 3.63) is 12.2 Å². The van der Waals surface area contributed by atoms with Crippen LogP contribution in [0.25, 0.3) is 0 Å². The Morgan fingerprint density at radius 3 is 2.60 bits per heavy atom. The third-order valence-electron chi connectivity index (χ3n) is 1.72. The summed E-state index contributed by atoms with van der Waals surface area (Å²) in [4.78, 5) is 10.4. The Bertz CT molecular complexity index is 165. The zero-order valence-electron chi connectivity index (χ0n) is 5.66. The quantitative estimate of drug-likeness (QED) is 0.518. The summed E-state index contributed by atoms with van der Waals surface area (Å²) in [5.41, 5.74) is 5.52. The van der Waals surface area contributed by atoms with E-state index < -0.39 is 5.97 Å². The maximum atomic E-state index is 10.4. The number of rotatable bonds is 1. The van der Waals surface area contributed by atoms with Crippen molar-refractivity contribution in [3.8, 4) is 0 Å². The molecule has 0 radical (unpaired) electrons. The Labute approximate surface area is 59.5 Å². The molecular weight excluding hydrogens is 130 g/mol. The molecule has 1 rings (SSSR count). The van der Waals surface area contributed by atoms with Crippen molar-refractivity contribution in [2.24, 2.45) is 11.7 Å². The summed E-state index contributed by atoms with van der Waals surface area (Å²) in [6.45, 7) is 0. The van der Waals surface area contributed by atoms with Crippen molar-refractivity contribution in [1.82, 2.24) is 0 Å². The number of hydrogen-bond donors (Lipinski definition) is 2. The van der Waals surface area contributed by atoms with E-state index in [4.69, 9.17) is 10.8 Å². The van der Waals surface area contributed by atoms with Gasteiger partial charge in [0.2, 0.25) is 0 Å². The second-order valence-electron chi connectivity index (χ2n) is 2.57. The third-order valence-corrected chi connectivity index (χ3v) is 1.72. The SMILES string of the molecule is NC1C=C[C@H](C(=O)O)CC1. The fourth-order valence-electron chi connectivity index (χ4n) is 1.05. The minimum Gasteiger partial charge on any atom is -0.481 e. The van der Waals surface area contributed by atoms with Gasteiger partial charge < -0.3 is 10.8 Å². The molecule has 0 spiro atoms. The standard InChI is InChI=1S/C7H11NO2/c8-6-3-1-5(2-4-6)7(9)10/h1,3,5-6H,2,4,8H2,(H,9,10)/t5-,6?/m0/s1. The van der Waals surface area contributed by atoms with E-state index in [1.54, 1.807) is 12.2 Å². The predicted octanol–water partition coefficient (Wildman–Crippen LogP) is 0.364. The number of carboxylic acid groups (broad SMARTS) is 1. The molecule has 1 aliphatic rings. The molecule has 0 fully saturated rings. The molecule has 0 heterocycles. The first kappa shape index (κ1) is 7.28. The van der Waals surface area contributed by atoms with E-state index in [-0.39, 0.29) is 12.0 Å². The average Bonchev–Trinajstić information content (AvgIpc) is 1.88. The van der Waals surface area contributed by atoms with Crippen LogP contribution >= 0.6 is 0 Å². The molecule has 3 nitrogen and oxygen atoms in total. The lowest BCUT2D eigenvalue weighted by Gasteiger charge is -2.15. The van der Waals surface area contributed by atoms with Gasteiger partial charge in [0.1, 0.15) is 0 Å². The Morgan fingerprint density at radius 1 is 1.50 bits per heavy atom. The van der Waals surface area contributed by atoms with Gasteiger partial charge in [0.25, 0.3) is 0 Å². The van der Waals surface area contributed by atoms with Crippen LogP contribution in [-0.4, -0.2) is 17.1 Å². The summed E-state index contributed by atoms with van der Waals surface area (Å²) < 4.78 is 0. The van der Waals surface area contributed by atoms with Crippen molar-refractivity contribution in [3.63, 3.8) is 0 Å². The molecule has 0 bridgehead atoms. The Balaban J connectivity index is 2.53. The molecule has 0 aromatic heterocycles. The van der Waals surface area contributed by atoms with Crippen molar-refractivity contribution in [1.29, 1.82) is 0 Å². The van der Waals surface area contributed by atoms with Crippen LogP contribution in [0.2, 0.25) is 0 Å². The highest BCUT2D eigenvalue weighted by molar-refractivity contribution is 5.72. The molecule has 1 unspecified atom stereocenters. The Kier molecular flexibility index (Phi) is 2.06. The molecule has 56 valence electrons.